The number of aromatic nitrogens is 4. The van der Waals surface area contributed by atoms with Gasteiger partial charge in [-0.2, -0.15) is 4.52 Å². The average molecular weight is 294 g/mol. The third-order valence-electron chi connectivity index (χ3n) is 3.38. The van der Waals surface area contributed by atoms with E-state index in [2.05, 4.69) is 10.3 Å². The highest BCUT2D eigenvalue weighted by Crippen LogP contribution is 2.22. The Labute approximate surface area is 123 Å². The first kappa shape index (κ1) is 12.4. The summed E-state index contributed by atoms with van der Waals surface area (Å²) >= 11 is 0. The maximum absolute atomic E-state index is 12.2. The second kappa shape index (κ2) is 4.59. The molecule has 0 unspecified atom stereocenters. The molecule has 1 aromatic carbocycles. The van der Waals surface area contributed by atoms with Crippen molar-refractivity contribution in [1.82, 2.24) is 19.3 Å². The van der Waals surface area contributed by atoms with Gasteiger partial charge in [0.2, 0.25) is 0 Å². The van der Waals surface area contributed by atoms with Crippen LogP contribution in [-0.2, 0) is 0 Å². The lowest BCUT2D eigenvalue weighted by Crippen LogP contribution is -2.19. The second-order valence-electron chi connectivity index (χ2n) is 4.74. The van der Waals surface area contributed by atoms with Gasteiger partial charge in [-0.1, -0.05) is 35.5 Å². The summed E-state index contributed by atoms with van der Waals surface area (Å²) in [5.74, 6) is 0.482. The van der Waals surface area contributed by atoms with E-state index in [-0.39, 0.29) is 11.1 Å². The van der Waals surface area contributed by atoms with Crippen molar-refractivity contribution in [2.24, 2.45) is 0 Å². The van der Waals surface area contributed by atoms with E-state index in [0.717, 1.165) is 5.56 Å². The molecule has 4 rings (SSSR count). The molecule has 7 nitrogen and oxygen atoms in total. The Morgan fingerprint density at radius 1 is 1.05 bits per heavy atom. The van der Waals surface area contributed by atoms with Gasteiger partial charge in [0.1, 0.15) is 11.9 Å². The lowest BCUT2D eigenvalue weighted by atomic mass is 10.1. The summed E-state index contributed by atoms with van der Waals surface area (Å²) < 4.78 is 7.78. The number of H-pyrrole nitrogens is 1. The van der Waals surface area contributed by atoms with Crippen molar-refractivity contribution in [2.75, 3.05) is 0 Å². The first-order chi connectivity index (χ1) is 10.7. The zero-order valence-electron chi connectivity index (χ0n) is 11.3. The van der Waals surface area contributed by atoms with Crippen molar-refractivity contribution in [3.05, 3.63) is 75.5 Å². The minimum absolute atomic E-state index is 0.323. The largest absolute Gasteiger partial charge is 0.363 e. The Balaban J connectivity index is 2.19. The molecule has 22 heavy (non-hydrogen) atoms. The highest BCUT2D eigenvalue weighted by atomic mass is 16.5. The van der Waals surface area contributed by atoms with Crippen LogP contribution in [0.2, 0.25) is 0 Å². The Morgan fingerprint density at radius 3 is 2.59 bits per heavy atom. The molecule has 3 aromatic heterocycles. The fourth-order valence-electron chi connectivity index (χ4n) is 2.47. The van der Waals surface area contributed by atoms with Crippen LogP contribution in [0.5, 0.6) is 0 Å². The molecule has 3 heterocycles. The molecule has 1 N–H and O–H groups in total. The molecule has 0 aliphatic heterocycles. The van der Waals surface area contributed by atoms with Crippen LogP contribution < -0.4 is 11.1 Å². The molecular weight excluding hydrogens is 284 g/mol. The number of fused-ring (bicyclic) bond motifs is 1. The first-order valence-electron chi connectivity index (χ1n) is 6.58. The van der Waals surface area contributed by atoms with Gasteiger partial charge < -0.3 is 4.52 Å². The van der Waals surface area contributed by atoms with E-state index in [1.165, 1.54) is 22.9 Å². The summed E-state index contributed by atoms with van der Waals surface area (Å²) in [6.07, 6.45) is 1.43. The van der Waals surface area contributed by atoms with E-state index in [1.54, 1.807) is 10.6 Å². The molecule has 0 fully saturated rings. The molecule has 0 bridgehead atoms. The fraction of sp³-hybridized carbons (Fsp3) is 0. The smallest absolute Gasteiger partial charge is 0.273 e. The molecule has 4 aromatic rings. The highest BCUT2D eigenvalue weighted by Gasteiger charge is 2.15. The van der Waals surface area contributed by atoms with Crippen LogP contribution in [0.15, 0.2) is 68.9 Å². The predicted octanol–water partition coefficient (Wildman–Crippen LogP) is 1.43. The Morgan fingerprint density at radius 2 is 1.86 bits per heavy atom. The molecular formula is C15H10N4O3. The SMILES string of the molecule is O=c1cc2n(-c3ccon3)c(-c3ccccc3)cc(=O)n2[nH]1. The van der Waals surface area contributed by atoms with Crippen molar-refractivity contribution in [3.8, 4) is 17.1 Å². The summed E-state index contributed by atoms with van der Waals surface area (Å²) in [7, 11) is 0. The summed E-state index contributed by atoms with van der Waals surface area (Å²) in [4.78, 5) is 23.9. The van der Waals surface area contributed by atoms with Crippen molar-refractivity contribution < 1.29 is 4.52 Å². The van der Waals surface area contributed by atoms with Gasteiger partial charge >= 0.3 is 0 Å². The predicted molar refractivity (Wildman–Crippen MR) is 79.1 cm³/mol. The standard InChI is InChI=1S/C15H10N4O3/c20-13-9-14-18(12-6-7-22-17-12)11(8-15(21)19(14)16-13)10-4-2-1-3-5-10/h1-9H,(H,16,20). The topological polar surface area (TPSA) is 85.3 Å². The van der Waals surface area contributed by atoms with Gasteiger partial charge in [-0.05, 0) is 5.56 Å². The van der Waals surface area contributed by atoms with Crippen LogP contribution in [0.3, 0.4) is 0 Å². The summed E-state index contributed by atoms with van der Waals surface area (Å²) in [6, 6.07) is 13.9. The summed E-state index contributed by atoms with van der Waals surface area (Å²) in [5, 5.41) is 6.40. The average Bonchev–Trinajstić information content (AvgIpc) is 3.17. The van der Waals surface area contributed by atoms with Crippen LogP contribution in [0.1, 0.15) is 0 Å². The normalized spacial score (nSPS) is 11.1. The Hall–Kier alpha value is -3.35. The fourth-order valence-corrected chi connectivity index (χ4v) is 2.47. The highest BCUT2D eigenvalue weighted by molar-refractivity contribution is 5.65. The molecule has 0 aliphatic rings. The van der Waals surface area contributed by atoms with Crippen molar-refractivity contribution >= 4 is 5.65 Å². The van der Waals surface area contributed by atoms with Crippen LogP contribution >= 0.6 is 0 Å². The first-order valence-corrected chi connectivity index (χ1v) is 6.58. The quantitative estimate of drug-likeness (QED) is 0.606. The summed E-state index contributed by atoms with van der Waals surface area (Å²) in [5.41, 5.74) is 1.16. The van der Waals surface area contributed by atoms with Gasteiger partial charge in [-0.25, -0.2) is 0 Å². The molecule has 0 amide bonds. The lowest BCUT2D eigenvalue weighted by Gasteiger charge is -2.12. The van der Waals surface area contributed by atoms with Gasteiger partial charge in [-0.3, -0.25) is 19.3 Å². The van der Waals surface area contributed by atoms with E-state index in [0.29, 0.717) is 17.2 Å². The monoisotopic (exact) mass is 294 g/mol. The molecule has 7 heteroatoms. The maximum atomic E-state index is 12.2. The van der Waals surface area contributed by atoms with E-state index in [4.69, 9.17) is 4.52 Å². The lowest BCUT2D eigenvalue weighted by molar-refractivity contribution is 0.417. The number of hydrogen-bond acceptors (Lipinski definition) is 4. The van der Waals surface area contributed by atoms with E-state index >= 15 is 0 Å². The number of nitrogens with one attached hydrogen (secondary N) is 1. The van der Waals surface area contributed by atoms with Crippen LogP contribution in [-0.4, -0.2) is 19.3 Å². The number of benzene rings is 1. The molecule has 0 saturated carbocycles. The molecule has 0 spiro atoms. The van der Waals surface area contributed by atoms with E-state index in [9.17, 15) is 9.59 Å². The molecule has 0 saturated heterocycles. The van der Waals surface area contributed by atoms with Crippen LogP contribution in [0.4, 0.5) is 0 Å². The number of nitrogens with zero attached hydrogens (tertiary/aromatic N) is 3. The van der Waals surface area contributed by atoms with Gasteiger partial charge in [0.05, 0.1) is 5.69 Å². The van der Waals surface area contributed by atoms with Gasteiger partial charge in [0, 0.05) is 18.2 Å². The molecule has 0 radical (unpaired) electrons. The van der Waals surface area contributed by atoms with Gasteiger partial charge in [0.15, 0.2) is 5.82 Å². The minimum atomic E-state index is -0.362. The van der Waals surface area contributed by atoms with Crippen molar-refractivity contribution in [3.63, 3.8) is 0 Å². The zero-order valence-corrected chi connectivity index (χ0v) is 11.3. The Kier molecular flexibility index (Phi) is 2.59. The number of rotatable bonds is 2. The number of aromatic amines is 1. The van der Waals surface area contributed by atoms with Crippen LogP contribution in [0, 0.1) is 0 Å². The van der Waals surface area contributed by atoms with E-state index in [1.807, 2.05) is 30.3 Å². The van der Waals surface area contributed by atoms with Gasteiger partial charge in [0.25, 0.3) is 11.1 Å². The zero-order chi connectivity index (χ0) is 15.1. The van der Waals surface area contributed by atoms with Crippen molar-refractivity contribution in [2.45, 2.75) is 0 Å². The van der Waals surface area contributed by atoms with Crippen molar-refractivity contribution in [1.29, 1.82) is 0 Å². The van der Waals surface area contributed by atoms with Gasteiger partial charge in [-0.15, -0.1) is 0 Å². The molecule has 0 aliphatic carbocycles. The second-order valence-corrected chi connectivity index (χ2v) is 4.74. The van der Waals surface area contributed by atoms with E-state index < -0.39 is 0 Å². The Bertz CT molecular complexity index is 1060. The summed E-state index contributed by atoms with van der Waals surface area (Å²) in [6.45, 7) is 0. The third-order valence-corrected chi connectivity index (χ3v) is 3.38. The third kappa shape index (κ3) is 1.80. The maximum Gasteiger partial charge on any atom is 0.273 e. The molecule has 0 atom stereocenters. The minimum Gasteiger partial charge on any atom is -0.363 e. The van der Waals surface area contributed by atoms with Crippen LogP contribution in [0.25, 0.3) is 22.7 Å². The molecule has 108 valence electrons. The number of hydrogen-bond donors (Lipinski definition) is 1.